The number of ether oxygens (including phenoxy) is 4. The van der Waals surface area contributed by atoms with E-state index in [1.807, 2.05) is 20.0 Å². The number of hydrogen-bond acceptors (Lipinski definition) is 18. The van der Waals surface area contributed by atoms with Crippen LogP contribution in [0.15, 0.2) is 49.6 Å². The number of nitrogens with one attached hydrogen (secondary N) is 3. The lowest BCUT2D eigenvalue weighted by Gasteiger charge is -2.46. The van der Waals surface area contributed by atoms with Gasteiger partial charge in [-0.15, -0.1) is 0 Å². The smallest absolute Gasteiger partial charge is 0.277 e. The molecule has 0 aromatic carbocycles. The fraction of sp³-hybridized carbons (Fsp3) is 0.476. The molecule has 4 fully saturated rings. The molecule has 0 radical (unpaired) electrons. The molecule has 0 aliphatic carbocycles. The zero-order valence-electron chi connectivity index (χ0n) is 37.1. The van der Waals surface area contributed by atoms with Gasteiger partial charge in [0.2, 0.25) is 11.3 Å². The van der Waals surface area contributed by atoms with Gasteiger partial charge >= 0.3 is 0 Å². The summed E-state index contributed by atoms with van der Waals surface area (Å²) < 4.78 is 24.5. The van der Waals surface area contributed by atoms with Crippen LogP contribution >= 0.6 is 11.6 Å². The quantitative estimate of drug-likeness (QED) is 0.151. The topological polar surface area (TPSA) is 229 Å². The molecule has 0 bridgehead atoms. The minimum atomic E-state index is -0.449. The van der Waals surface area contributed by atoms with Crippen LogP contribution < -0.4 is 30.3 Å². The molecule has 22 nitrogen and oxygen atoms in total. The number of anilines is 3. The third kappa shape index (κ3) is 11.0. The van der Waals surface area contributed by atoms with Crippen molar-refractivity contribution in [3.63, 3.8) is 0 Å². The lowest BCUT2D eigenvalue weighted by molar-refractivity contribution is -0.0387. The summed E-state index contributed by atoms with van der Waals surface area (Å²) in [5, 5.41) is 8.88. The van der Waals surface area contributed by atoms with Gasteiger partial charge in [-0.1, -0.05) is 11.6 Å². The highest BCUT2D eigenvalue weighted by molar-refractivity contribution is 6.29. The second kappa shape index (κ2) is 20.3. The highest BCUT2D eigenvalue weighted by Gasteiger charge is 2.34. The Morgan fingerprint density at radius 3 is 1.55 bits per heavy atom. The van der Waals surface area contributed by atoms with Gasteiger partial charge in [-0.2, -0.15) is 9.97 Å². The van der Waals surface area contributed by atoms with Crippen LogP contribution in [0, 0.1) is 25.7 Å². The predicted molar refractivity (Wildman–Crippen MR) is 240 cm³/mol. The van der Waals surface area contributed by atoms with Crippen LogP contribution in [0.3, 0.4) is 0 Å². The first-order valence-electron chi connectivity index (χ1n) is 21.2. The van der Waals surface area contributed by atoms with Gasteiger partial charge in [0.05, 0.1) is 75.0 Å². The number of nitrogens with zero attached hydrogens (tertiary/aromatic N) is 13. The largest absolute Gasteiger partial charge is 0.478 e. The van der Waals surface area contributed by atoms with Gasteiger partial charge in [0, 0.05) is 98.0 Å². The van der Waals surface area contributed by atoms with E-state index >= 15 is 0 Å². The predicted octanol–water partition coefficient (Wildman–Crippen LogP) is 2.13. The van der Waals surface area contributed by atoms with Crippen LogP contribution in [0.5, 0.6) is 11.8 Å². The molecule has 4 saturated heterocycles. The summed E-state index contributed by atoms with van der Waals surface area (Å²) in [4.78, 5) is 65.4. The summed E-state index contributed by atoms with van der Waals surface area (Å²) in [5.74, 6) is 2.78. The monoisotopic (exact) mass is 912 g/mol. The Hall–Kier alpha value is -6.17. The fourth-order valence-electron chi connectivity index (χ4n) is 7.69. The van der Waals surface area contributed by atoms with Crippen molar-refractivity contribution < 1.29 is 28.5 Å². The number of rotatable bonds is 13. The van der Waals surface area contributed by atoms with Crippen molar-refractivity contribution in [3.05, 3.63) is 77.5 Å². The van der Waals surface area contributed by atoms with Gasteiger partial charge in [-0.25, -0.2) is 29.9 Å². The number of carbonyl (C=O) groups is 2. The van der Waals surface area contributed by atoms with Crippen LogP contribution in [0.4, 0.5) is 17.5 Å². The van der Waals surface area contributed by atoms with E-state index in [0.29, 0.717) is 52.8 Å². The second-order valence-electron chi connectivity index (χ2n) is 16.3. The molecule has 0 unspecified atom stereocenters. The Morgan fingerprint density at radius 2 is 1.14 bits per heavy atom. The molecular weight excluding hydrogens is 860 g/mol. The zero-order chi connectivity index (χ0) is 45.6. The molecule has 344 valence electrons. The summed E-state index contributed by atoms with van der Waals surface area (Å²) >= 11 is 5.64. The standard InChI is InChI=1S/C21H26N8O3.C13H11ClN6O2.C8H16N2O/c1-13-6-29-12-17(26-21(32-3)19(29)24-13)25-20(30)16-4-23-18(5-22-16)28-8-14(9-28)7-27-10-15(11-27)31-2;1-7-5-20-6-10(19-13(22-2)11(20)17-7)18-12(21)8-3-16-9(14)4-15-8;1-11-8-5-10(6-8)4-7-2-9-3-7/h4-6,12,14-15H,7-11H2,1-3H3,(H,25,30);3-6H,1-2H3,(H,18,21);7-9H,2-6H2,1H3. The van der Waals surface area contributed by atoms with Crippen LogP contribution in [0.25, 0.3) is 11.3 Å². The highest BCUT2D eigenvalue weighted by Crippen LogP contribution is 2.26. The van der Waals surface area contributed by atoms with Crippen LogP contribution in [0.1, 0.15) is 32.4 Å². The average molecular weight is 913 g/mol. The molecule has 0 saturated carbocycles. The van der Waals surface area contributed by atoms with E-state index in [1.54, 1.807) is 47.8 Å². The molecule has 0 spiro atoms. The van der Waals surface area contributed by atoms with Crippen molar-refractivity contribution in [1.29, 1.82) is 0 Å². The Morgan fingerprint density at radius 1 is 0.646 bits per heavy atom. The lowest BCUT2D eigenvalue weighted by atomic mass is 9.97. The van der Waals surface area contributed by atoms with Gasteiger partial charge in [0.1, 0.15) is 22.4 Å². The van der Waals surface area contributed by atoms with E-state index in [4.69, 9.17) is 30.5 Å². The molecule has 6 aromatic rings. The first-order valence-corrected chi connectivity index (χ1v) is 21.5. The van der Waals surface area contributed by atoms with Crippen LogP contribution in [-0.2, 0) is 9.47 Å². The van der Waals surface area contributed by atoms with Crippen LogP contribution in [0.2, 0.25) is 5.15 Å². The average Bonchev–Trinajstić information content (AvgIpc) is 3.82. The Balaban J connectivity index is 0.000000150. The third-order valence-corrected chi connectivity index (χ3v) is 11.5. The molecule has 0 atom stereocenters. The van der Waals surface area contributed by atoms with E-state index in [-0.39, 0.29) is 22.4 Å². The number of aryl methyl sites for hydroxylation is 2. The Kier molecular flexibility index (Phi) is 14.2. The van der Waals surface area contributed by atoms with Gasteiger partial charge in [0.25, 0.3) is 23.6 Å². The number of likely N-dealkylation sites (tertiary alicyclic amines) is 2. The highest BCUT2D eigenvalue weighted by atomic mass is 35.5. The summed E-state index contributed by atoms with van der Waals surface area (Å²) in [5.41, 5.74) is 3.16. The van der Waals surface area contributed by atoms with Crippen molar-refractivity contribution in [3.8, 4) is 11.8 Å². The molecule has 4 aliphatic heterocycles. The Labute approximate surface area is 380 Å². The maximum Gasteiger partial charge on any atom is 0.277 e. The normalized spacial score (nSPS) is 16.9. The number of halogens is 1. The number of amides is 2. The number of carbonyl (C=O) groups excluding carboxylic acids is 2. The van der Waals surface area contributed by atoms with E-state index in [0.717, 1.165) is 68.9 Å². The SMILES string of the molecule is COC1CN(CC2CNC2)C1.COc1nc(NC(=O)c2cnc(Cl)cn2)cn2cc(C)nc12.COc1nc(NC(=O)c2cnc(N3CC(CN4CC(OC)C4)C3)cn2)cn2cc(C)nc12. The van der Waals surface area contributed by atoms with Crippen molar-refractivity contribution in [2.75, 3.05) is 109 Å². The first-order chi connectivity index (χ1) is 31.5. The molecular formula is C42H53ClN16O6. The van der Waals surface area contributed by atoms with E-state index in [1.165, 1.54) is 52.4 Å². The minimum absolute atomic E-state index is 0.132. The van der Waals surface area contributed by atoms with Gasteiger partial charge in [-0.3, -0.25) is 28.2 Å². The number of methoxy groups -OCH3 is 4. The number of hydrogen-bond donors (Lipinski definition) is 3. The number of aromatic nitrogens is 10. The van der Waals surface area contributed by atoms with E-state index in [2.05, 4.69) is 70.5 Å². The minimum Gasteiger partial charge on any atom is -0.478 e. The summed E-state index contributed by atoms with van der Waals surface area (Å²) in [6.07, 6.45) is 13.6. The third-order valence-electron chi connectivity index (χ3n) is 11.3. The zero-order valence-corrected chi connectivity index (χ0v) is 37.9. The maximum absolute atomic E-state index is 12.6. The summed E-state index contributed by atoms with van der Waals surface area (Å²) in [7, 11) is 6.57. The summed E-state index contributed by atoms with van der Waals surface area (Å²) in [6.45, 7) is 14.7. The molecule has 4 aliphatic rings. The van der Waals surface area contributed by atoms with Crippen molar-refractivity contribution in [2.45, 2.75) is 26.1 Å². The fourth-order valence-corrected chi connectivity index (χ4v) is 7.79. The molecule has 6 aromatic heterocycles. The molecule has 2 amide bonds. The van der Waals surface area contributed by atoms with Crippen LogP contribution in [-0.4, -0.2) is 176 Å². The van der Waals surface area contributed by atoms with Gasteiger partial charge < -0.3 is 39.8 Å². The van der Waals surface area contributed by atoms with Gasteiger partial charge in [0.15, 0.2) is 11.6 Å². The molecule has 10 heterocycles. The van der Waals surface area contributed by atoms with Crippen molar-refractivity contribution in [1.82, 2.24) is 63.8 Å². The van der Waals surface area contributed by atoms with Crippen molar-refractivity contribution in [2.24, 2.45) is 11.8 Å². The lowest BCUT2D eigenvalue weighted by Crippen LogP contribution is -2.58. The molecule has 65 heavy (non-hydrogen) atoms. The van der Waals surface area contributed by atoms with E-state index in [9.17, 15) is 9.59 Å². The Bertz CT molecular complexity index is 2570. The number of imidazole rings is 2. The second-order valence-corrected chi connectivity index (χ2v) is 16.7. The summed E-state index contributed by atoms with van der Waals surface area (Å²) in [6, 6.07) is 0. The molecule has 3 N–H and O–H groups in total. The molecule has 10 rings (SSSR count). The van der Waals surface area contributed by atoms with Crippen molar-refractivity contribution >= 4 is 52.2 Å². The molecule has 23 heteroatoms. The van der Waals surface area contributed by atoms with Gasteiger partial charge in [-0.05, 0) is 19.8 Å². The van der Waals surface area contributed by atoms with E-state index < -0.39 is 5.91 Å². The maximum atomic E-state index is 12.6. The first kappa shape index (κ1) is 45.4. The number of fused-ring (bicyclic) bond motifs is 2.